The van der Waals surface area contributed by atoms with Crippen LogP contribution in [0, 0.1) is 12.8 Å². The van der Waals surface area contributed by atoms with Gasteiger partial charge in [0.25, 0.3) is 0 Å². The molecule has 7 nitrogen and oxygen atoms in total. The number of nitrogens with one attached hydrogen (secondary N) is 1. The summed E-state index contributed by atoms with van der Waals surface area (Å²) >= 11 is 0. The van der Waals surface area contributed by atoms with E-state index in [1.165, 1.54) is 4.31 Å². The molecular weight excluding hydrogens is 356 g/mol. The van der Waals surface area contributed by atoms with E-state index in [0.29, 0.717) is 36.2 Å². The number of nitrogens with zero attached hydrogens (tertiary/aromatic N) is 1. The van der Waals surface area contributed by atoms with Crippen LogP contribution in [0.25, 0.3) is 0 Å². The molecule has 26 heavy (non-hydrogen) atoms. The van der Waals surface area contributed by atoms with Crippen molar-refractivity contribution in [2.75, 3.05) is 30.8 Å². The highest BCUT2D eigenvalue weighted by Crippen LogP contribution is 2.24. The van der Waals surface area contributed by atoms with Gasteiger partial charge in [-0.25, -0.2) is 17.5 Å². The number of anilines is 1. The number of hydrogen-bond donors (Lipinski definition) is 1. The van der Waals surface area contributed by atoms with Crippen molar-refractivity contribution >= 4 is 27.6 Å². The number of ether oxygens (including phenoxy) is 1. The van der Waals surface area contributed by atoms with Crippen molar-refractivity contribution in [2.45, 2.75) is 33.6 Å². The van der Waals surface area contributed by atoms with Crippen LogP contribution < -0.4 is 5.32 Å². The van der Waals surface area contributed by atoms with Gasteiger partial charge in [-0.2, -0.15) is 0 Å². The summed E-state index contributed by atoms with van der Waals surface area (Å²) in [5.74, 6) is -1.04. The number of carbonyl (C=O) groups is 2. The van der Waals surface area contributed by atoms with Gasteiger partial charge in [-0.3, -0.25) is 4.79 Å². The number of benzene rings is 1. The highest BCUT2D eigenvalue weighted by Gasteiger charge is 2.31. The van der Waals surface area contributed by atoms with Gasteiger partial charge in [0.1, 0.15) is 0 Å². The number of esters is 1. The molecule has 1 N–H and O–H groups in total. The second kappa shape index (κ2) is 8.64. The fraction of sp³-hybridized carbons (Fsp3) is 0.556. The molecule has 0 unspecified atom stereocenters. The average Bonchev–Trinajstić information content (AvgIpc) is 2.63. The zero-order valence-electron chi connectivity index (χ0n) is 15.4. The predicted molar refractivity (Wildman–Crippen MR) is 99.5 cm³/mol. The van der Waals surface area contributed by atoms with E-state index in [1.54, 1.807) is 39.0 Å². The topological polar surface area (TPSA) is 92.8 Å². The van der Waals surface area contributed by atoms with E-state index in [4.69, 9.17) is 4.74 Å². The van der Waals surface area contributed by atoms with Crippen molar-refractivity contribution in [1.29, 1.82) is 0 Å². The van der Waals surface area contributed by atoms with Gasteiger partial charge in [-0.05, 0) is 51.3 Å². The van der Waals surface area contributed by atoms with E-state index in [0.717, 1.165) is 0 Å². The standard InChI is InChI=1S/C18H26N2O5S/c1-4-25-18(22)15-9-6-10-16(13(15)3)19-17(21)14-8-7-11-20(12-14)26(23,24)5-2/h6,9-10,14H,4-5,7-8,11-12H2,1-3H3,(H,19,21)/t14-/m0/s1. The summed E-state index contributed by atoms with van der Waals surface area (Å²) in [4.78, 5) is 24.6. The Labute approximate surface area is 154 Å². The minimum atomic E-state index is -3.30. The lowest BCUT2D eigenvalue weighted by molar-refractivity contribution is -0.120. The molecule has 0 aliphatic carbocycles. The molecule has 1 atom stereocenters. The lowest BCUT2D eigenvalue weighted by Crippen LogP contribution is -2.44. The first-order valence-electron chi connectivity index (χ1n) is 8.85. The first kappa shape index (κ1) is 20.4. The molecule has 1 aliphatic heterocycles. The number of rotatable bonds is 6. The quantitative estimate of drug-likeness (QED) is 0.761. The fourth-order valence-corrected chi connectivity index (χ4v) is 4.21. The van der Waals surface area contributed by atoms with Crippen molar-refractivity contribution < 1.29 is 22.7 Å². The lowest BCUT2D eigenvalue weighted by Gasteiger charge is -2.31. The van der Waals surface area contributed by atoms with Gasteiger partial charge in [-0.1, -0.05) is 6.07 Å². The van der Waals surface area contributed by atoms with Crippen molar-refractivity contribution in [3.05, 3.63) is 29.3 Å². The largest absolute Gasteiger partial charge is 0.462 e. The first-order valence-corrected chi connectivity index (χ1v) is 10.5. The number of sulfonamides is 1. The third-order valence-electron chi connectivity index (χ3n) is 4.60. The van der Waals surface area contributed by atoms with Crippen LogP contribution in [0.15, 0.2) is 18.2 Å². The zero-order valence-corrected chi connectivity index (χ0v) is 16.3. The molecule has 1 aromatic carbocycles. The van der Waals surface area contributed by atoms with Crippen molar-refractivity contribution in [1.82, 2.24) is 4.31 Å². The first-order chi connectivity index (χ1) is 12.3. The highest BCUT2D eigenvalue weighted by molar-refractivity contribution is 7.89. The van der Waals surface area contributed by atoms with E-state index in [-0.39, 0.29) is 24.8 Å². The predicted octanol–water partition coefficient (Wildman–Crippen LogP) is 2.17. The Morgan fingerprint density at radius 3 is 2.69 bits per heavy atom. The number of piperidine rings is 1. The van der Waals surface area contributed by atoms with Crippen LogP contribution in [-0.2, 0) is 19.6 Å². The Balaban J connectivity index is 2.12. The van der Waals surface area contributed by atoms with Gasteiger partial charge >= 0.3 is 5.97 Å². The maximum Gasteiger partial charge on any atom is 0.338 e. The summed E-state index contributed by atoms with van der Waals surface area (Å²) in [6.45, 7) is 6.01. The molecule has 8 heteroatoms. The molecule has 0 radical (unpaired) electrons. The van der Waals surface area contributed by atoms with Gasteiger partial charge < -0.3 is 10.1 Å². The van der Waals surface area contributed by atoms with Crippen LogP contribution in [0.4, 0.5) is 5.69 Å². The van der Waals surface area contributed by atoms with Crippen LogP contribution in [0.1, 0.15) is 42.6 Å². The Bertz CT molecular complexity index is 776. The smallest absolute Gasteiger partial charge is 0.338 e. The van der Waals surface area contributed by atoms with Crippen LogP contribution in [0.2, 0.25) is 0 Å². The highest BCUT2D eigenvalue weighted by atomic mass is 32.2. The Kier molecular flexibility index (Phi) is 6.77. The lowest BCUT2D eigenvalue weighted by atomic mass is 9.98. The number of carbonyl (C=O) groups excluding carboxylic acids is 2. The molecule has 1 aliphatic rings. The summed E-state index contributed by atoms with van der Waals surface area (Å²) in [6.07, 6.45) is 1.29. The molecule has 1 heterocycles. The van der Waals surface area contributed by atoms with E-state index >= 15 is 0 Å². The van der Waals surface area contributed by atoms with Crippen LogP contribution in [0.3, 0.4) is 0 Å². The van der Waals surface area contributed by atoms with Crippen LogP contribution in [-0.4, -0.2) is 50.0 Å². The Morgan fingerprint density at radius 1 is 1.31 bits per heavy atom. The summed E-state index contributed by atoms with van der Waals surface area (Å²) in [5.41, 5.74) is 1.58. The second-order valence-corrected chi connectivity index (χ2v) is 8.54. The zero-order chi connectivity index (χ0) is 19.3. The second-order valence-electron chi connectivity index (χ2n) is 6.29. The average molecular weight is 382 g/mol. The normalized spacial score (nSPS) is 18.3. The van der Waals surface area contributed by atoms with Gasteiger partial charge in [0.2, 0.25) is 15.9 Å². The molecule has 2 rings (SSSR count). The third-order valence-corrected chi connectivity index (χ3v) is 6.45. The van der Waals surface area contributed by atoms with E-state index in [9.17, 15) is 18.0 Å². The van der Waals surface area contributed by atoms with Gasteiger partial charge in [-0.15, -0.1) is 0 Å². The molecule has 0 bridgehead atoms. The molecular formula is C18H26N2O5S. The molecule has 1 saturated heterocycles. The van der Waals surface area contributed by atoms with Crippen LogP contribution >= 0.6 is 0 Å². The minimum Gasteiger partial charge on any atom is -0.462 e. The van der Waals surface area contributed by atoms with Crippen LogP contribution in [0.5, 0.6) is 0 Å². The fourth-order valence-electron chi connectivity index (χ4n) is 3.03. The Hall–Kier alpha value is -1.93. The van der Waals surface area contributed by atoms with E-state index < -0.39 is 21.9 Å². The summed E-state index contributed by atoms with van der Waals surface area (Å²) in [7, 11) is -3.30. The molecule has 0 saturated carbocycles. The molecule has 1 fully saturated rings. The van der Waals surface area contributed by atoms with E-state index in [1.807, 2.05) is 0 Å². The van der Waals surface area contributed by atoms with Gasteiger partial charge in [0.15, 0.2) is 0 Å². The number of amides is 1. The maximum absolute atomic E-state index is 12.6. The molecule has 1 amide bonds. The van der Waals surface area contributed by atoms with Crippen molar-refractivity contribution in [2.24, 2.45) is 5.92 Å². The molecule has 0 aromatic heterocycles. The minimum absolute atomic E-state index is 0.0298. The van der Waals surface area contributed by atoms with E-state index in [2.05, 4.69) is 5.32 Å². The SMILES string of the molecule is CCOC(=O)c1cccc(NC(=O)[C@H]2CCCN(S(=O)(=O)CC)C2)c1C. The third kappa shape index (κ3) is 4.62. The summed E-state index contributed by atoms with van der Waals surface area (Å²) < 4.78 is 30.5. The van der Waals surface area contributed by atoms with Gasteiger partial charge in [0.05, 0.1) is 23.8 Å². The Morgan fingerprint density at radius 2 is 2.04 bits per heavy atom. The molecule has 1 aromatic rings. The molecule has 144 valence electrons. The monoisotopic (exact) mass is 382 g/mol. The van der Waals surface area contributed by atoms with Crippen molar-refractivity contribution in [3.8, 4) is 0 Å². The number of hydrogen-bond acceptors (Lipinski definition) is 5. The van der Waals surface area contributed by atoms with Gasteiger partial charge in [0, 0.05) is 18.8 Å². The van der Waals surface area contributed by atoms with Crippen molar-refractivity contribution in [3.63, 3.8) is 0 Å². The summed E-state index contributed by atoms with van der Waals surface area (Å²) in [5, 5.41) is 2.84. The summed E-state index contributed by atoms with van der Waals surface area (Å²) in [6, 6.07) is 5.06. The maximum atomic E-state index is 12.6. The molecule has 0 spiro atoms.